The van der Waals surface area contributed by atoms with Gasteiger partial charge in [0.05, 0.1) is 5.75 Å². The second-order valence-corrected chi connectivity index (χ2v) is 12.9. The Hall–Kier alpha value is -1.40. The predicted octanol–water partition coefficient (Wildman–Crippen LogP) is 3.97. The first-order valence-corrected chi connectivity index (χ1v) is 12.1. The molecule has 29 heavy (non-hydrogen) atoms. The predicted molar refractivity (Wildman–Crippen MR) is 119 cm³/mol. The Bertz CT molecular complexity index is 792. The average molecular weight is 423 g/mol. The molecule has 1 aliphatic rings. The molecule has 1 heterocycles. The molecule has 0 spiro atoms. The SMILES string of the molecule is CN(CC(C)(C)C)S(=O)(=O)CC(CN1CC(C(C)(C)C)CC1=O)c1ccccc1. The van der Waals surface area contributed by atoms with Crippen molar-refractivity contribution in [3.05, 3.63) is 35.9 Å². The van der Waals surface area contributed by atoms with E-state index in [9.17, 15) is 13.2 Å². The largest absolute Gasteiger partial charge is 0.342 e. The topological polar surface area (TPSA) is 57.7 Å². The van der Waals surface area contributed by atoms with Crippen LogP contribution in [0.15, 0.2) is 30.3 Å². The van der Waals surface area contributed by atoms with E-state index in [1.807, 2.05) is 56.0 Å². The van der Waals surface area contributed by atoms with Crippen molar-refractivity contribution in [2.75, 3.05) is 32.4 Å². The molecule has 1 saturated heterocycles. The van der Waals surface area contributed by atoms with Crippen LogP contribution in [0.2, 0.25) is 0 Å². The maximum Gasteiger partial charge on any atom is 0.222 e. The third kappa shape index (κ3) is 6.82. The number of amides is 1. The van der Waals surface area contributed by atoms with Crippen molar-refractivity contribution in [2.24, 2.45) is 16.7 Å². The first-order chi connectivity index (χ1) is 13.2. The van der Waals surface area contributed by atoms with E-state index < -0.39 is 10.0 Å². The summed E-state index contributed by atoms with van der Waals surface area (Å²) in [6.07, 6.45) is 0.543. The molecule has 5 nitrogen and oxygen atoms in total. The molecule has 1 amide bonds. The normalized spacial score (nSPS) is 19.8. The van der Waals surface area contributed by atoms with E-state index >= 15 is 0 Å². The first-order valence-electron chi connectivity index (χ1n) is 10.5. The van der Waals surface area contributed by atoms with E-state index in [4.69, 9.17) is 0 Å². The summed E-state index contributed by atoms with van der Waals surface area (Å²) in [6.45, 7) is 14.2. The van der Waals surface area contributed by atoms with Gasteiger partial charge in [0.15, 0.2) is 0 Å². The quantitative estimate of drug-likeness (QED) is 0.668. The summed E-state index contributed by atoms with van der Waals surface area (Å²) in [6, 6.07) is 9.71. The number of carbonyl (C=O) groups excluding carboxylic acids is 1. The molecule has 2 rings (SSSR count). The number of hydrogen-bond acceptors (Lipinski definition) is 3. The fraction of sp³-hybridized carbons (Fsp3) is 0.696. The van der Waals surface area contributed by atoms with Crippen LogP contribution in [0.4, 0.5) is 0 Å². The Morgan fingerprint density at radius 3 is 2.17 bits per heavy atom. The van der Waals surface area contributed by atoms with Crippen LogP contribution >= 0.6 is 0 Å². The van der Waals surface area contributed by atoms with Crippen LogP contribution < -0.4 is 0 Å². The van der Waals surface area contributed by atoms with Gasteiger partial charge in [0.25, 0.3) is 0 Å². The number of carbonyl (C=O) groups is 1. The highest BCUT2D eigenvalue weighted by molar-refractivity contribution is 7.89. The van der Waals surface area contributed by atoms with Gasteiger partial charge in [-0.1, -0.05) is 71.9 Å². The van der Waals surface area contributed by atoms with Crippen molar-refractivity contribution in [1.29, 1.82) is 0 Å². The lowest BCUT2D eigenvalue weighted by Crippen LogP contribution is -2.40. The standard InChI is InChI=1S/C23H38N2O3S/c1-22(2,3)17-24(7)29(27,28)16-19(18-11-9-8-10-12-18)14-25-15-20(13-21(25)26)23(4,5)6/h8-12,19-20H,13-17H2,1-7H3. The van der Waals surface area contributed by atoms with Gasteiger partial charge < -0.3 is 4.90 Å². The van der Waals surface area contributed by atoms with Crippen LogP contribution in [0.5, 0.6) is 0 Å². The molecule has 0 bridgehead atoms. The summed E-state index contributed by atoms with van der Waals surface area (Å²) in [5.74, 6) is 0.192. The molecule has 1 aromatic rings. The maximum absolute atomic E-state index is 13.1. The highest BCUT2D eigenvalue weighted by Gasteiger charge is 2.38. The zero-order valence-corrected chi connectivity index (χ0v) is 19.9. The van der Waals surface area contributed by atoms with Crippen LogP contribution in [0.3, 0.4) is 0 Å². The number of benzene rings is 1. The Kier molecular flexibility index (Phi) is 7.21. The Morgan fingerprint density at radius 2 is 1.69 bits per heavy atom. The third-order valence-corrected chi connectivity index (χ3v) is 7.64. The van der Waals surface area contributed by atoms with Crippen LogP contribution in [-0.4, -0.2) is 56.0 Å². The van der Waals surface area contributed by atoms with Gasteiger partial charge in [0.2, 0.25) is 15.9 Å². The fourth-order valence-corrected chi connectivity index (χ4v) is 5.57. The lowest BCUT2D eigenvalue weighted by atomic mass is 9.80. The van der Waals surface area contributed by atoms with E-state index in [0.29, 0.717) is 32.0 Å². The van der Waals surface area contributed by atoms with Crippen molar-refractivity contribution < 1.29 is 13.2 Å². The minimum absolute atomic E-state index is 0.00750. The maximum atomic E-state index is 13.1. The molecule has 1 fully saturated rings. The summed E-state index contributed by atoms with van der Waals surface area (Å²) < 4.78 is 27.7. The van der Waals surface area contributed by atoms with E-state index in [0.717, 1.165) is 5.56 Å². The Morgan fingerprint density at radius 1 is 1.10 bits per heavy atom. The molecule has 2 unspecified atom stereocenters. The van der Waals surface area contributed by atoms with Gasteiger partial charge in [-0.05, 0) is 22.3 Å². The molecule has 6 heteroatoms. The van der Waals surface area contributed by atoms with Gasteiger partial charge in [0.1, 0.15) is 0 Å². The van der Waals surface area contributed by atoms with Gasteiger partial charge in [-0.25, -0.2) is 12.7 Å². The summed E-state index contributed by atoms with van der Waals surface area (Å²) in [7, 11) is -1.79. The molecule has 2 atom stereocenters. The molecule has 1 aromatic carbocycles. The van der Waals surface area contributed by atoms with Gasteiger partial charge >= 0.3 is 0 Å². The van der Waals surface area contributed by atoms with Crippen LogP contribution in [0.1, 0.15) is 59.4 Å². The number of hydrogen-bond donors (Lipinski definition) is 0. The van der Waals surface area contributed by atoms with Crippen molar-refractivity contribution in [1.82, 2.24) is 9.21 Å². The Balaban J connectivity index is 2.22. The number of sulfonamides is 1. The first kappa shape index (κ1) is 23.9. The van der Waals surface area contributed by atoms with E-state index in [-0.39, 0.29) is 28.4 Å². The third-order valence-electron chi connectivity index (χ3n) is 5.73. The zero-order chi connectivity index (χ0) is 22.0. The molecule has 164 valence electrons. The summed E-state index contributed by atoms with van der Waals surface area (Å²) in [4.78, 5) is 14.5. The lowest BCUT2D eigenvalue weighted by Gasteiger charge is -2.30. The van der Waals surface area contributed by atoms with Crippen LogP contribution in [0, 0.1) is 16.7 Å². The summed E-state index contributed by atoms with van der Waals surface area (Å²) in [5.41, 5.74) is 0.910. The van der Waals surface area contributed by atoms with Crippen molar-refractivity contribution in [3.8, 4) is 0 Å². The molecule has 0 aliphatic carbocycles. The fourth-order valence-electron chi connectivity index (χ4n) is 3.92. The average Bonchev–Trinajstić information content (AvgIpc) is 2.94. The van der Waals surface area contributed by atoms with Crippen molar-refractivity contribution >= 4 is 15.9 Å². The smallest absolute Gasteiger partial charge is 0.222 e. The highest BCUT2D eigenvalue weighted by Crippen LogP contribution is 2.35. The molecule has 0 aromatic heterocycles. The highest BCUT2D eigenvalue weighted by atomic mass is 32.2. The van der Waals surface area contributed by atoms with Crippen LogP contribution in [-0.2, 0) is 14.8 Å². The lowest BCUT2D eigenvalue weighted by molar-refractivity contribution is -0.128. The van der Waals surface area contributed by atoms with Gasteiger partial charge in [0, 0.05) is 39.0 Å². The van der Waals surface area contributed by atoms with Crippen LogP contribution in [0.25, 0.3) is 0 Å². The molecule has 1 aliphatic heterocycles. The molecule has 0 N–H and O–H groups in total. The number of rotatable bonds is 7. The van der Waals surface area contributed by atoms with Crippen molar-refractivity contribution in [2.45, 2.75) is 53.9 Å². The Labute approximate surface area is 177 Å². The molecule has 0 saturated carbocycles. The van der Waals surface area contributed by atoms with Gasteiger partial charge in [-0.3, -0.25) is 4.79 Å². The van der Waals surface area contributed by atoms with E-state index in [2.05, 4.69) is 20.8 Å². The second-order valence-electron chi connectivity index (χ2n) is 10.8. The zero-order valence-electron chi connectivity index (χ0n) is 19.1. The van der Waals surface area contributed by atoms with Gasteiger partial charge in [-0.15, -0.1) is 0 Å². The monoisotopic (exact) mass is 422 g/mol. The van der Waals surface area contributed by atoms with Gasteiger partial charge in [-0.2, -0.15) is 0 Å². The second kappa shape index (κ2) is 8.76. The van der Waals surface area contributed by atoms with Crippen molar-refractivity contribution in [3.63, 3.8) is 0 Å². The number of likely N-dealkylation sites (tertiary alicyclic amines) is 1. The van der Waals surface area contributed by atoms with E-state index in [1.165, 1.54) is 4.31 Å². The number of nitrogens with zero attached hydrogens (tertiary/aromatic N) is 2. The minimum Gasteiger partial charge on any atom is -0.342 e. The summed E-state index contributed by atoms with van der Waals surface area (Å²) in [5, 5.41) is 0. The molecular formula is C23H38N2O3S. The minimum atomic E-state index is -3.45. The summed E-state index contributed by atoms with van der Waals surface area (Å²) >= 11 is 0. The molecule has 0 radical (unpaired) electrons. The van der Waals surface area contributed by atoms with E-state index in [1.54, 1.807) is 7.05 Å². The molecular weight excluding hydrogens is 384 g/mol.